The lowest BCUT2D eigenvalue weighted by atomic mass is 9.84. The number of aromatic nitrogens is 1. The van der Waals surface area contributed by atoms with Crippen LogP contribution in [0.25, 0.3) is 11.0 Å². The summed E-state index contributed by atoms with van der Waals surface area (Å²) >= 11 is 0. The van der Waals surface area contributed by atoms with Crippen molar-refractivity contribution in [1.82, 2.24) is 20.1 Å². The highest BCUT2D eigenvalue weighted by atomic mass is 16.3. The van der Waals surface area contributed by atoms with Gasteiger partial charge in [0.25, 0.3) is 11.8 Å². The van der Waals surface area contributed by atoms with Crippen LogP contribution >= 0.6 is 0 Å². The molecule has 1 atom stereocenters. The van der Waals surface area contributed by atoms with E-state index < -0.39 is 0 Å². The fourth-order valence-electron chi connectivity index (χ4n) is 4.28. The van der Waals surface area contributed by atoms with E-state index in [-0.39, 0.29) is 17.9 Å². The predicted molar refractivity (Wildman–Crippen MR) is 94.9 cm³/mol. The number of amides is 2. The summed E-state index contributed by atoms with van der Waals surface area (Å²) in [7, 11) is 0. The van der Waals surface area contributed by atoms with Gasteiger partial charge in [0.2, 0.25) is 0 Å². The average molecular weight is 354 g/mol. The Morgan fingerprint density at radius 1 is 1.19 bits per heavy atom. The lowest BCUT2D eigenvalue weighted by Crippen LogP contribution is -2.57. The number of nitrogens with zero attached hydrogens (tertiary/aromatic N) is 3. The summed E-state index contributed by atoms with van der Waals surface area (Å²) in [6.07, 6.45) is 6.34. The first-order valence-corrected chi connectivity index (χ1v) is 9.39. The Labute approximate surface area is 151 Å². The third kappa shape index (κ3) is 2.58. The van der Waals surface area contributed by atoms with E-state index in [1.165, 1.54) is 12.5 Å². The molecule has 0 aliphatic carbocycles. The first-order valence-electron chi connectivity index (χ1n) is 9.39. The lowest BCUT2D eigenvalue weighted by Gasteiger charge is -2.44. The van der Waals surface area contributed by atoms with Crippen molar-refractivity contribution in [2.75, 3.05) is 32.7 Å². The first-order chi connectivity index (χ1) is 12.7. The van der Waals surface area contributed by atoms with Gasteiger partial charge in [-0.05, 0) is 44.3 Å². The van der Waals surface area contributed by atoms with Crippen LogP contribution in [0.5, 0.6) is 0 Å². The van der Waals surface area contributed by atoms with Gasteiger partial charge in [0.15, 0.2) is 5.58 Å². The van der Waals surface area contributed by atoms with E-state index in [2.05, 4.69) is 15.2 Å². The second-order valence-electron chi connectivity index (χ2n) is 7.58. The van der Waals surface area contributed by atoms with Gasteiger partial charge in [-0.25, -0.2) is 4.98 Å². The van der Waals surface area contributed by atoms with Gasteiger partial charge in [0, 0.05) is 31.1 Å². The molecule has 6 rings (SSSR count). The molecule has 1 unspecified atom stereocenters. The van der Waals surface area contributed by atoms with Crippen molar-refractivity contribution in [2.45, 2.75) is 25.3 Å². The summed E-state index contributed by atoms with van der Waals surface area (Å²) in [6, 6.07) is 1.87. The smallest absolute Gasteiger partial charge is 0.270 e. The molecule has 4 aliphatic rings. The standard InChI is InChI=1S/C19H22N4O3/c24-18(21-16-10-22-6-2-12(16)3-7-22)15-8-13-14(11-26-17(13)9-20-15)19(25)23-4-1-5-23/h8-9,11-12,16H,1-7,10H2,(H,21,24). The molecule has 2 aromatic rings. The van der Waals surface area contributed by atoms with Crippen molar-refractivity contribution in [3.63, 3.8) is 0 Å². The van der Waals surface area contributed by atoms with E-state index in [1.807, 2.05) is 0 Å². The van der Waals surface area contributed by atoms with Crippen molar-refractivity contribution >= 4 is 22.8 Å². The molecule has 4 saturated heterocycles. The molecule has 4 fully saturated rings. The first kappa shape index (κ1) is 15.8. The van der Waals surface area contributed by atoms with Crippen LogP contribution in [-0.2, 0) is 0 Å². The number of nitrogens with one attached hydrogen (secondary N) is 1. The number of piperidine rings is 3. The second-order valence-corrected chi connectivity index (χ2v) is 7.58. The Bertz CT molecular complexity index is 865. The Kier molecular flexibility index (Phi) is 3.70. The fraction of sp³-hybridized carbons (Fsp3) is 0.526. The number of rotatable bonds is 3. The van der Waals surface area contributed by atoms with Gasteiger partial charge in [-0.1, -0.05) is 0 Å². The summed E-state index contributed by atoms with van der Waals surface area (Å²) in [4.78, 5) is 33.7. The Morgan fingerprint density at radius 3 is 2.65 bits per heavy atom. The molecule has 0 aromatic carbocycles. The summed E-state index contributed by atoms with van der Waals surface area (Å²) < 4.78 is 5.47. The molecule has 2 amide bonds. The van der Waals surface area contributed by atoms with Gasteiger partial charge in [-0.2, -0.15) is 0 Å². The maximum atomic E-state index is 12.7. The maximum absolute atomic E-state index is 12.7. The fourth-order valence-corrected chi connectivity index (χ4v) is 4.28. The van der Waals surface area contributed by atoms with Crippen LogP contribution < -0.4 is 5.32 Å². The monoisotopic (exact) mass is 354 g/mol. The molecule has 0 saturated carbocycles. The average Bonchev–Trinajstić information content (AvgIpc) is 3.04. The van der Waals surface area contributed by atoms with Gasteiger partial charge in [0.1, 0.15) is 12.0 Å². The third-order valence-electron chi connectivity index (χ3n) is 6.04. The zero-order valence-corrected chi connectivity index (χ0v) is 14.6. The molecular weight excluding hydrogens is 332 g/mol. The quantitative estimate of drug-likeness (QED) is 0.904. The summed E-state index contributed by atoms with van der Waals surface area (Å²) in [6.45, 7) is 4.76. The van der Waals surface area contributed by atoms with E-state index in [0.29, 0.717) is 28.1 Å². The second kappa shape index (κ2) is 6.09. The Balaban J connectivity index is 1.38. The van der Waals surface area contributed by atoms with Gasteiger partial charge in [0.05, 0.1) is 11.8 Å². The number of hydrogen-bond acceptors (Lipinski definition) is 5. The largest absolute Gasteiger partial charge is 0.462 e. The number of hydrogen-bond donors (Lipinski definition) is 1. The van der Waals surface area contributed by atoms with Crippen molar-refractivity contribution < 1.29 is 14.0 Å². The van der Waals surface area contributed by atoms with Crippen LogP contribution in [0, 0.1) is 5.92 Å². The maximum Gasteiger partial charge on any atom is 0.270 e. The van der Waals surface area contributed by atoms with E-state index in [4.69, 9.17) is 4.42 Å². The van der Waals surface area contributed by atoms with E-state index >= 15 is 0 Å². The molecule has 26 heavy (non-hydrogen) atoms. The zero-order chi connectivity index (χ0) is 17.7. The molecule has 1 N–H and O–H groups in total. The lowest BCUT2D eigenvalue weighted by molar-refractivity contribution is 0.0617. The molecule has 136 valence electrons. The minimum absolute atomic E-state index is 0.0371. The van der Waals surface area contributed by atoms with Crippen molar-refractivity contribution in [2.24, 2.45) is 5.92 Å². The number of likely N-dealkylation sites (tertiary alicyclic amines) is 1. The number of carbonyl (C=O) groups excluding carboxylic acids is 2. The van der Waals surface area contributed by atoms with Crippen molar-refractivity contribution in [1.29, 1.82) is 0 Å². The van der Waals surface area contributed by atoms with Crippen LogP contribution in [0.3, 0.4) is 0 Å². The molecule has 4 aliphatic heterocycles. The summed E-state index contributed by atoms with van der Waals surface area (Å²) in [5.41, 5.74) is 1.39. The van der Waals surface area contributed by atoms with E-state index in [1.54, 1.807) is 11.0 Å². The van der Waals surface area contributed by atoms with Crippen LogP contribution in [0.1, 0.15) is 40.1 Å². The van der Waals surface area contributed by atoms with Gasteiger partial charge in [-0.15, -0.1) is 0 Å². The topological polar surface area (TPSA) is 78.7 Å². The molecule has 0 spiro atoms. The molecule has 0 radical (unpaired) electrons. The minimum Gasteiger partial charge on any atom is -0.462 e. The highest BCUT2D eigenvalue weighted by Crippen LogP contribution is 2.28. The number of furan rings is 1. The normalized spacial score (nSPS) is 27.4. The van der Waals surface area contributed by atoms with Gasteiger partial charge < -0.3 is 19.5 Å². The SMILES string of the molecule is O=C(NC1CN2CCC1CC2)c1cc2c(C(=O)N3CCC3)coc2cn1. The zero-order valence-electron chi connectivity index (χ0n) is 14.6. The molecule has 2 aromatic heterocycles. The molecular formula is C19H22N4O3. The number of pyridine rings is 1. The summed E-state index contributed by atoms with van der Waals surface area (Å²) in [5, 5.41) is 3.81. The van der Waals surface area contributed by atoms with Crippen LogP contribution in [0.15, 0.2) is 22.9 Å². The molecule has 2 bridgehead atoms. The summed E-state index contributed by atoms with van der Waals surface area (Å²) in [5.74, 6) is 0.351. The Hall–Kier alpha value is -2.41. The number of fused-ring (bicyclic) bond motifs is 4. The van der Waals surface area contributed by atoms with Gasteiger partial charge >= 0.3 is 0 Å². The highest BCUT2D eigenvalue weighted by Gasteiger charge is 2.35. The van der Waals surface area contributed by atoms with Crippen LogP contribution in [0.4, 0.5) is 0 Å². The molecule has 6 heterocycles. The van der Waals surface area contributed by atoms with Crippen molar-refractivity contribution in [3.8, 4) is 0 Å². The number of carbonyl (C=O) groups is 2. The predicted octanol–water partition coefficient (Wildman–Crippen LogP) is 1.50. The molecule has 7 nitrogen and oxygen atoms in total. The highest BCUT2D eigenvalue weighted by molar-refractivity contribution is 6.07. The van der Waals surface area contributed by atoms with Crippen LogP contribution in [0.2, 0.25) is 0 Å². The van der Waals surface area contributed by atoms with Gasteiger partial charge in [-0.3, -0.25) is 9.59 Å². The van der Waals surface area contributed by atoms with E-state index in [9.17, 15) is 9.59 Å². The van der Waals surface area contributed by atoms with E-state index in [0.717, 1.165) is 52.0 Å². The third-order valence-corrected chi connectivity index (χ3v) is 6.04. The minimum atomic E-state index is -0.172. The van der Waals surface area contributed by atoms with Crippen LogP contribution in [-0.4, -0.2) is 65.4 Å². The Morgan fingerprint density at radius 2 is 2.00 bits per heavy atom. The molecule has 7 heteroatoms. The van der Waals surface area contributed by atoms with Crippen molar-refractivity contribution in [3.05, 3.63) is 29.8 Å².